The first-order valence-corrected chi connectivity index (χ1v) is 5.88. The number of carbonyl (C=O) groups is 1. The molecule has 1 saturated heterocycles. The highest BCUT2D eigenvalue weighted by atomic mass is 16.5. The molecule has 0 aliphatic carbocycles. The van der Waals surface area contributed by atoms with Crippen LogP contribution < -0.4 is 4.90 Å². The largest absolute Gasteiger partial charge is 0.465 e. The lowest BCUT2D eigenvalue weighted by Crippen LogP contribution is -2.24. The number of hydrogen-bond donors (Lipinski definition) is 0. The quantitative estimate of drug-likeness (QED) is 0.735. The summed E-state index contributed by atoms with van der Waals surface area (Å²) in [4.78, 5) is 21.8. The van der Waals surface area contributed by atoms with E-state index in [4.69, 9.17) is 9.47 Å². The molecule has 0 aromatic carbocycles. The lowest BCUT2D eigenvalue weighted by atomic mass is 10.1. The fraction of sp³-hybridized carbons (Fsp3) is 0.583. The second-order valence-electron chi connectivity index (χ2n) is 4.31. The van der Waals surface area contributed by atoms with Gasteiger partial charge in [0, 0.05) is 32.3 Å². The third-order valence-electron chi connectivity index (χ3n) is 3.08. The lowest BCUT2D eigenvalue weighted by Gasteiger charge is -2.19. The second-order valence-corrected chi connectivity index (χ2v) is 4.31. The molecule has 0 amide bonds. The van der Waals surface area contributed by atoms with E-state index in [-0.39, 0.29) is 0 Å². The Morgan fingerprint density at radius 1 is 1.56 bits per heavy atom. The van der Waals surface area contributed by atoms with E-state index in [0.29, 0.717) is 17.3 Å². The molecule has 1 aliphatic rings. The average molecular weight is 251 g/mol. The highest BCUT2D eigenvalue weighted by molar-refractivity contribution is 5.94. The maximum absolute atomic E-state index is 11.6. The Labute approximate surface area is 106 Å². The minimum Gasteiger partial charge on any atom is -0.465 e. The number of hydrogen-bond acceptors (Lipinski definition) is 6. The zero-order valence-corrected chi connectivity index (χ0v) is 10.6. The Balaban J connectivity index is 2.16. The zero-order valence-electron chi connectivity index (χ0n) is 10.6. The van der Waals surface area contributed by atoms with Gasteiger partial charge in [-0.3, -0.25) is 0 Å². The first-order valence-electron chi connectivity index (χ1n) is 5.88. The summed E-state index contributed by atoms with van der Waals surface area (Å²) in [5, 5.41) is 0. The Morgan fingerprint density at radius 3 is 3.11 bits per heavy atom. The second kappa shape index (κ2) is 5.77. The van der Waals surface area contributed by atoms with Gasteiger partial charge in [0.2, 0.25) is 0 Å². The third-order valence-corrected chi connectivity index (χ3v) is 3.08. The summed E-state index contributed by atoms with van der Waals surface area (Å²) in [6, 6.07) is 0. The maximum atomic E-state index is 11.6. The zero-order chi connectivity index (χ0) is 13.0. The summed E-state index contributed by atoms with van der Waals surface area (Å²) in [5.74, 6) is 0.728. The fourth-order valence-electron chi connectivity index (χ4n) is 2.23. The molecular weight excluding hydrogens is 234 g/mol. The summed E-state index contributed by atoms with van der Waals surface area (Å²) in [7, 11) is 3.06. The van der Waals surface area contributed by atoms with Gasteiger partial charge in [0.25, 0.3) is 0 Å². The van der Waals surface area contributed by atoms with Crippen LogP contribution >= 0.6 is 0 Å². The number of aromatic nitrogens is 2. The van der Waals surface area contributed by atoms with Gasteiger partial charge in [-0.2, -0.15) is 0 Å². The Morgan fingerprint density at radius 2 is 2.39 bits per heavy atom. The van der Waals surface area contributed by atoms with Crippen molar-refractivity contribution in [2.24, 2.45) is 5.92 Å². The van der Waals surface area contributed by atoms with Crippen LogP contribution in [0.4, 0.5) is 5.82 Å². The van der Waals surface area contributed by atoms with Gasteiger partial charge in [-0.15, -0.1) is 0 Å². The Bertz CT molecular complexity index is 425. The van der Waals surface area contributed by atoms with E-state index in [1.807, 2.05) is 0 Å². The van der Waals surface area contributed by atoms with E-state index in [0.717, 1.165) is 26.1 Å². The highest BCUT2D eigenvalue weighted by Crippen LogP contribution is 2.25. The average Bonchev–Trinajstić information content (AvgIpc) is 2.87. The molecular formula is C12H17N3O3. The van der Waals surface area contributed by atoms with Crippen LogP contribution in [0.5, 0.6) is 0 Å². The fourth-order valence-corrected chi connectivity index (χ4v) is 2.23. The molecule has 0 spiro atoms. The number of ether oxygens (including phenoxy) is 2. The molecule has 1 fully saturated rings. The van der Waals surface area contributed by atoms with Crippen molar-refractivity contribution in [1.82, 2.24) is 9.97 Å². The van der Waals surface area contributed by atoms with Gasteiger partial charge >= 0.3 is 5.97 Å². The molecule has 0 saturated carbocycles. The SMILES string of the molecule is COCC1CCN(c2ncncc2C(=O)OC)C1. The van der Waals surface area contributed by atoms with Crippen LogP contribution in [0.15, 0.2) is 12.5 Å². The summed E-state index contributed by atoms with van der Waals surface area (Å²) in [5.41, 5.74) is 0.415. The van der Waals surface area contributed by atoms with Crippen LogP contribution in [0.1, 0.15) is 16.8 Å². The van der Waals surface area contributed by atoms with Crippen molar-refractivity contribution in [2.75, 3.05) is 38.8 Å². The van der Waals surface area contributed by atoms with Crippen molar-refractivity contribution in [3.63, 3.8) is 0 Å². The summed E-state index contributed by atoms with van der Waals surface area (Å²) >= 11 is 0. The molecule has 98 valence electrons. The van der Waals surface area contributed by atoms with Gasteiger partial charge in [-0.1, -0.05) is 0 Å². The van der Waals surface area contributed by atoms with Crippen LogP contribution in [-0.2, 0) is 9.47 Å². The molecule has 0 N–H and O–H groups in total. The van der Waals surface area contributed by atoms with Crippen molar-refractivity contribution in [3.05, 3.63) is 18.1 Å². The van der Waals surface area contributed by atoms with Crippen molar-refractivity contribution < 1.29 is 14.3 Å². The first kappa shape index (κ1) is 12.8. The van der Waals surface area contributed by atoms with Crippen LogP contribution in [0.3, 0.4) is 0 Å². The number of esters is 1. The van der Waals surface area contributed by atoms with Gasteiger partial charge < -0.3 is 14.4 Å². The standard InChI is InChI=1S/C12H17N3O3/c1-17-7-9-3-4-15(6-9)11-10(12(16)18-2)5-13-8-14-11/h5,8-9H,3-4,6-7H2,1-2H3. The Kier molecular flexibility index (Phi) is 4.09. The summed E-state index contributed by atoms with van der Waals surface area (Å²) < 4.78 is 9.90. The smallest absolute Gasteiger partial charge is 0.343 e. The number of carbonyl (C=O) groups excluding carboxylic acids is 1. The van der Waals surface area contributed by atoms with Crippen LogP contribution in [-0.4, -0.2) is 49.9 Å². The predicted molar refractivity (Wildman–Crippen MR) is 65.6 cm³/mol. The number of methoxy groups -OCH3 is 2. The molecule has 1 aromatic heterocycles. The van der Waals surface area contributed by atoms with Crippen molar-refractivity contribution in [3.8, 4) is 0 Å². The van der Waals surface area contributed by atoms with E-state index in [9.17, 15) is 4.79 Å². The molecule has 18 heavy (non-hydrogen) atoms. The number of anilines is 1. The number of rotatable bonds is 4. The van der Waals surface area contributed by atoms with Crippen molar-refractivity contribution >= 4 is 11.8 Å². The predicted octanol–water partition coefficient (Wildman–Crippen LogP) is 0.736. The van der Waals surface area contributed by atoms with Crippen LogP contribution in [0.25, 0.3) is 0 Å². The van der Waals surface area contributed by atoms with Gasteiger partial charge in [-0.05, 0) is 6.42 Å². The van der Waals surface area contributed by atoms with Crippen LogP contribution in [0.2, 0.25) is 0 Å². The van der Waals surface area contributed by atoms with E-state index in [1.165, 1.54) is 19.6 Å². The van der Waals surface area contributed by atoms with E-state index < -0.39 is 5.97 Å². The molecule has 2 heterocycles. The van der Waals surface area contributed by atoms with Gasteiger partial charge in [0.05, 0.1) is 13.7 Å². The normalized spacial score (nSPS) is 19.0. The van der Waals surface area contributed by atoms with Crippen molar-refractivity contribution in [2.45, 2.75) is 6.42 Å². The van der Waals surface area contributed by atoms with Crippen molar-refractivity contribution in [1.29, 1.82) is 0 Å². The molecule has 1 aromatic rings. The lowest BCUT2D eigenvalue weighted by molar-refractivity contribution is 0.0600. The molecule has 0 bridgehead atoms. The van der Waals surface area contributed by atoms with Crippen LogP contribution in [0, 0.1) is 5.92 Å². The molecule has 6 heteroatoms. The van der Waals surface area contributed by atoms with Gasteiger partial charge in [0.15, 0.2) is 0 Å². The summed E-state index contributed by atoms with van der Waals surface area (Å²) in [6.45, 7) is 2.44. The van der Waals surface area contributed by atoms with E-state index in [2.05, 4.69) is 14.9 Å². The third kappa shape index (κ3) is 2.59. The first-order chi connectivity index (χ1) is 8.76. The molecule has 1 aliphatic heterocycles. The molecule has 0 radical (unpaired) electrons. The number of nitrogens with zero attached hydrogens (tertiary/aromatic N) is 3. The van der Waals surface area contributed by atoms with E-state index in [1.54, 1.807) is 7.11 Å². The maximum Gasteiger partial charge on any atom is 0.343 e. The minimum atomic E-state index is -0.402. The Hall–Kier alpha value is -1.69. The molecule has 1 unspecified atom stereocenters. The minimum absolute atomic E-state index is 0.402. The molecule has 6 nitrogen and oxygen atoms in total. The monoisotopic (exact) mass is 251 g/mol. The summed E-state index contributed by atoms with van der Waals surface area (Å²) in [6.07, 6.45) is 3.99. The highest BCUT2D eigenvalue weighted by Gasteiger charge is 2.27. The molecule has 1 atom stereocenters. The van der Waals surface area contributed by atoms with Gasteiger partial charge in [-0.25, -0.2) is 14.8 Å². The topological polar surface area (TPSA) is 64.5 Å². The molecule has 2 rings (SSSR count). The van der Waals surface area contributed by atoms with E-state index >= 15 is 0 Å². The van der Waals surface area contributed by atoms with Gasteiger partial charge in [0.1, 0.15) is 17.7 Å².